The minimum atomic E-state index is -0.406. The molecule has 2 aromatic rings. The minimum absolute atomic E-state index is 0.00463. The van der Waals surface area contributed by atoms with Crippen LogP contribution in [0.4, 0.5) is 5.69 Å². The van der Waals surface area contributed by atoms with Crippen molar-refractivity contribution in [2.24, 2.45) is 7.05 Å². The number of aryl methyl sites for hydroxylation is 1. The zero-order valence-electron chi connectivity index (χ0n) is 10.1. The monoisotopic (exact) mass is 252 g/mol. The Balaban J connectivity index is 2.29. The van der Waals surface area contributed by atoms with E-state index >= 15 is 0 Å². The normalized spacial score (nSPS) is 12.8. The van der Waals surface area contributed by atoms with Gasteiger partial charge in [0.2, 0.25) is 0 Å². The van der Waals surface area contributed by atoms with E-state index in [4.69, 9.17) is 14.6 Å². The van der Waals surface area contributed by atoms with Crippen molar-refractivity contribution in [1.29, 1.82) is 0 Å². The summed E-state index contributed by atoms with van der Waals surface area (Å²) < 4.78 is 6.44. The van der Waals surface area contributed by atoms with Crippen molar-refractivity contribution in [3.05, 3.63) is 28.7 Å². The second-order valence-electron chi connectivity index (χ2n) is 4.15. The molecule has 1 aromatic heterocycles. The molecule has 3 N–H and O–H groups in total. The third kappa shape index (κ3) is 2.39. The number of hydrogen-bond donors (Lipinski definition) is 3. The fraction of sp³-hybridized carbons (Fsp3) is 0.417. The molecule has 6 nitrogen and oxygen atoms in total. The van der Waals surface area contributed by atoms with Crippen LogP contribution in [0.1, 0.15) is 6.42 Å². The SMILES string of the molecule is Cn1c(=O)oc2ccc(NC(CO)CCO)cc21. The number of rotatable bonds is 5. The molecule has 0 saturated heterocycles. The lowest BCUT2D eigenvalue weighted by Crippen LogP contribution is -2.24. The Morgan fingerprint density at radius 1 is 1.44 bits per heavy atom. The van der Waals surface area contributed by atoms with E-state index in [0.717, 1.165) is 5.69 Å². The van der Waals surface area contributed by atoms with E-state index in [1.54, 1.807) is 25.2 Å². The number of hydrogen-bond acceptors (Lipinski definition) is 5. The number of aliphatic hydroxyl groups is 2. The van der Waals surface area contributed by atoms with Crippen LogP contribution in [0.15, 0.2) is 27.4 Å². The van der Waals surface area contributed by atoms with Gasteiger partial charge < -0.3 is 19.9 Å². The first-order valence-corrected chi connectivity index (χ1v) is 5.73. The van der Waals surface area contributed by atoms with E-state index in [1.165, 1.54) is 4.57 Å². The zero-order chi connectivity index (χ0) is 13.1. The number of nitrogens with one attached hydrogen (secondary N) is 1. The highest BCUT2D eigenvalue weighted by Crippen LogP contribution is 2.18. The highest BCUT2D eigenvalue weighted by Gasteiger charge is 2.09. The van der Waals surface area contributed by atoms with Crippen molar-refractivity contribution in [2.75, 3.05) is 18.5 Å². The molecule has 0 fully saturated rings. The average Bonchev–Trinajstić information content (AvgIpc) is 2.65. The van der Waals surface area contributed by atoms with Gasteiger partial charge in [0.05, 0.1) is 18.2 Å². The first-order valence-electron chi connectivity index (χ1n) is 5.73. The summed E-state index contributed by atoms with van der Waals surface area (Å²) in [5, 5.41) is 21.1. The Hall–Kier alpha value is -1.79. The maximum Gasteiger partial charge on any atom is 0.419 e. The second kappa shape index (κ2) is 5.24. The summed E-state index contributed by atoms with van der Waals surface area (Å²) in [5.41, 5.74) is 1.98. The highest BCUT2D eigenvalue weighted by molar-refractivity contribution is 5.77. The van der Waals surface area contributed by atoms with Crippen molar-refractivity contribution in [1.82, 2.24) is 4.57 Å². The summed E-state index contributed by atoms with van der Waals surface area (Å²) in [7, 11) is 1.63. The van der Waals surface area contributed by atoms with Crippen molar-refractivity contribution in [2.45, 2.75) is 12.5 Å². The minimum Gasteiger partial charge on any atom is -0.408 e. The molecule has 0 saturated carbocycles. The predicted molar refractivity (Wildman–Crippen MR) is 67.7 cm³/mol. The molecule has 1 heterocycles. The van der Waals surface area contributed by atoms with E-state index < -0.39 is 5.76 Å². The Morgan fingerprint density at radius 2 is 2.22 bits per heavy atom. The molecular weight excluding hydrogens is 236 g/mol. The summed E-state index contributed by atoms with van der Waals surface area (Å²) in [6.07, 6.45) is 0.457. The lowest BCUT2D eigenvalue weighted by Gasteiger charge is -2.16. The smallest absolute Gasteiger partial charge is 0.408 e. The van der Waals surface area contributed by atoms with Crippen molar-refractivity contribution in [3.63, 3.8) is 0 Å². The van der Waals surface area contributed by atoms with Gasteiger partial charge in [-0.2, -0.15) is 0 Å². The maximum absolute atomic E-state index is 11.3. The van der Waals surface area contributed by atoms with Gasteiger partial charge in [-0.15, -0.1) is 0 Å². The van der Waals surface area contributed by atoms with Crippen LogP contribution in [0, 0.1) is 0 Å². The molecule has 1 aromatic carbocycles. The number of nitrogens with zero attached hydrogens (tertiary/aromatic N) is 1. The van der Waals surface area contributed by atoms with Crippen molar-refractivity contribution in [3.8, 4) is 0 Å². The van der Waals surface area contributed by atoms with Gasteiger partial charge in [0, 0.05) is 19.3 Å². The molecule has 0 radical (unpaired) electrons. The Kier molecular flexibility index (Phi) is 3.69. The Labute approximate surface area is 103 Å². The largest absolute Gasteiger partial charge is 0.419 e. The Morgan fingerprint density at radius 3 is 2.89 bits per heavy atom. The maximum atomic E-state index is 11.3. The van der Waals surface area contributed by atoms with E-state index in [9.17, 15) is 4.79 Å². The topological polar surface area (TPSA) is 87.6 Å². The van der Waals surface area contributed by atoms with Gasteiger partial charge in [0.25, 0.3) is 0 Å². The van der Waals surface area contributed by atoms with Crippen LogP contribution < -0.4 is 11.1 Å². The lowest BCUT2D eigenvalue weighted by molar-refractivity contribution is 0.229. The summed E-state index contributed by atoms with van der Waals surface area (Å²) in [4.78, 5) is 11.3. The van der Waals surface area contributed by atoms with E-state index in [0.29, 0.717) is 17.5 Å². The summed E-state index contributed by atoms with van der Waals surface area (Å²) >= 11 is 0. The molecular formula is C12H16N2O4. The third-order valence-corrected chi connectivity index (χ3v) is 2.86. The van der Waals surface area contributed by atoms with Gasteiger partial charge in [0.1, 0.15) is 0 Å². The van der Waals surface area contributed by atoms with Gasteiger partial charge in [-0.1, -0.05) is 0 Å². The third-order valence-electron chi connectivity index (χ3n) is 2.86. The summed E-state index contributed by atoms with van der Waals surface area (Å²) in [5.74, 6) is -0.406. The first kappa shape index (κ1) is 12.7. The molecule has 0 bridgehead atoms. The molecule has 1 unspecified atom stereocenters. The van der Waals surface area contributed by atoms with Crippen LogP contribution in [0.3, 0.4) is 0 Å². The van der Waals surface area contributed by atoms with Gasteiger partial charge in [0.15, 0.2) is 5.58 Å². The van der Waals surface area contributed by atoms with E-state index in [1.807, 2.05) is 0 Å². The van der Waals surface area contributed by atoms with E-state index in [-0.39, 0.29) is 19.3 Å². The first-order chi connectivity index (χ1) is 8.65. The fourth-order valence-corrected chi connectivity index (χ4v) is 1.82. The van der Waals surface area contributed by atoms with Crippen LogP contribution in [-0.2, 0) is 7.05 Å². The van der Waals surface area contributed by atoms with E-state index in [2.05, 4.69) is 5.32 Å². The number of anilines is 1. The van der Waals surface area contributed by atoms with Gasteiger partial charge >= 0.3 is 5.76 Å². The molecule has 0 aliphatic heterocycles. The fourth-order valence-electron chi connectivity index (χ4n) is 1.82. The predicted octanol–water partition coefficient (Wildman–Crippen LogP) is 0.287. The molecule has 2 rings (SSSR count). The van der Waals surface area contributed by atoms with Crippen LogP contribution >= 0.6 is 0 Å². The number of oxazole rings is 1. The summed E-state index contributed by atoms with van der Waals surface area (Å²) in [6.45, 7) is -0.0619. The van der Waals surface area contributed by atoms with Crippen molar-refractivity contribution >= 4 is 16.8 Å². The number of aliphatic hydroxyl groups excluding tert-OH is 2. The van der Waals surface area contributed by atoms with Gasteiger partial charge in [-0.25, -0.2) is 4.79 Å². The van der Waals surface area contributed by atoms with Crippen molar-refractivity contribution < 1.29 is 14.6 Å². The molecule has 1 atom stereocenters. The number of fused-ring (bicyclic) bond motifs is 1. The van der Waals surface area contributed by atoms with Crippen LogP contribution in [-0.4, -0.2) is 34.0 Å². The molecule has 0 spiro atoms. The number of benzene rings is 1. The quantitative estimate of drug-likeness (QED) is 0.711. The van der Waals surface area contributed by atoms with Crippen LogP contribution in [0.2, 0.25) is 0 Å². The van der Waals surface area contributed by atoms with Gasteiger partial charge in [-0.3, -0.25) is 4.57 Å². The van der Waals surface area contributed by atoms with Crippen LogP contribution in [0.25, 0.3) is 11.1 Å². The Bertz CT molecular complexity index is 587. The standard InChI is InChI=1S/C12H16N2O4/c1-14-10-6-8(13-9(7-16)4-5-15)2-3-11(10)18-12(14)17/h2-3,6,9,13,15-16H,4-5,7H2,1H3. The number of aromatic nitrogens is 1. The zero-order valence-corrected chi connectivity index (χ0v) is 10.1. The lowest BCUT2D eigenvalue weighted by atomic mass is 10.2. The molecule has 18 heavy (non-hydrogen) atoms. The molecule has 0 aliphatic carbocycles. The molecule has 0 amide bonds. The second-order valence-corrected chi connectivity index (χ2v) is 4.15. The average molecular weight is 252 g/mol. The highest BCUT2D eigenvalue weighted by atomic mass is 16.4. The molecule has 0 aliphatic rings. The van der Waals surface area contributed by atoms with Gasteiger partial charge in [-0.05, 0) is 24.6 Å². The molecule has 98 valence electrons. The summed E-state index contributed by atoms with van der Waals surface area (Å²) in [6, 6.07) is 5.04. The van der Waals surface area contributed by atoms with Crippen LogP contribution in [0.5, 0.6) is 0 Å². The molecule has 6 heteroatoms.